The summed E-state index contributed by atoms with van der Waals surface area (Å²) < 4.78 is 5.11. The third-order valence-corrected chi connectivity index (χ3v) is 2.32. The fourth-order valence-electron chi connectivity index (χ4n) is 1.49. The lowest BCUT2D eigenvalue weighted by Crippen LogP contribution is -1.89. The predicted molar refractivity (Wildman–Crippen MR) is 65.0 cm³/mol. The molecule has 1 aromatic carbocycles. The van der Waals surface area contributed by atoms with Crippen LogP contribution in [0.25, 0.3) is 17.0 Å². The molecule has 4 nitrogen and oxygen atoms in total. The number of carbonyl (C=O) groups is 1. The number of methoxy groups -OCH3 is 1. The number of ether oxygens (including phenoxy) is 1. The lowest BCUT2D eigenvalue weighted by atomic mass is 10.2. The summed E-state index contributed by atoms with van der Waals surface area (Å²) in [4.78, 5) is 14.7. The van der Waals surface area contributed by atoms with Gasteiger partial charge in [0.05, 0.1) is 18.3 Å². The van der Waals surface area contributed by atoms with Crippen molar-refractivity contribution < 1.29 is 14.6 Å². The first-order valence-corrected chi connectivity index (χ1v) is 5.05. The van der Waals surface area contributed by atoms with Gasteiger partial charge in [0.25, 0.3) is 0 Å². The maximum Gasteiger partial charge on any atom is 0.328 e. The van der Waals surface area contributed by atoms with Gasteiger partial charge in [0, 0.05) is 17.5 Å². The molecule has 0 aliphatic heterocycles. The molecule has 0 saturated heterocycles. The van der Waals surface area contributed by atoms with Gasteiger partial charge in [-0.15, -0.1) is 0 Å². The SMILES string of the molecule is COc1ccc2ccc(/C=C/C(=O)O)nc2c1. The van der Waals surface area contributed by atoms with Crippen molar-refractivity contribution >= 4 is 22.9 Å². The van der Waals surface area contributed by atoms with Gasteiger partial charge in [-0.1, -0.05) is 6.07 Å². The zero-order valence-electron chi connectivity index (χ0n) is 9.25. The molecule has 86 valence electrons. The number of fused-ring (bicyclic) bond motifs is 1. The Kier molecular flexibility index (Phi) is 3.05. The quantitative estimate of drug-likeness (QED) is 0.820. The first-order chi connectivity index (χ1) is 8.19. The second kappa shape index (κ2) is 4.65. The average Bonchev–Trinajstić information content (AvgIpc) is 2.35. The molecule has 2 rings (SSSR count). The number of hydrogen-bond acceptors (Lipinski definition) is 3. The number of rotatable bonds is 3. The number of aromatic nitrogens is 1. The Bertz CT molecular complexity index is 590. The Balaban J connectivity index is 2.44. The minimum absolute atomic E-state index is 0.605. The van der Waals surface area contributed by atoms with Gasteiger partial charge in [0.15, 0.2) is 0 Å². The zero-order valence-corrected chi connectivity index (χ0v) is 9.25. The van der Waals surface area contributed by atoms with E-state index in [-0.39, 0.29) is 0 Å². The van der Waals surface area contributed by atoms with Crippen LogP contribution in [0.3, 0.4) is 0 Å². The van der Waals surface area contributed by atoms with Crippen molar-refractivity contribution in [2.45, 2.75) is 0 Å². The van der Waals surface area contributed by atoms with Gasteiger partial charge in [-0.25, -0.2) is 9.78 Å². The summed E-state index contributed by atoms with van der Waals surface area (Å²) in [5.74, 6) is -0.262. The molecule has 1 N–H and O–H groups in total. The van der Waals surface area contributed by atoms with Crippen molar-refractivity contribution in [1.29, 1.82) is 0 Å². The Morgan fingerprint density at radius 2 is 2.12 bits per heavy atom. The van der Waals surface area contributed by atoms with Gasteiger partial charge in [-0.2, -0.15) is 0 Å². The molecule has 2 aromatic rings. The van der Waals surface area contributed by atoms with Crippen LogP contribution in [0.5, 0.6) is 5.75 Å². The molecule has 1 heterocycles. The minimum atomic E-state index is -0.988. The highest BCUT2D eigenvalue weighted by atomic mass is 16.5. The highest BCUT2D eigenvalue weighted by Gasteiger charge is 1.99. The molecule has 0 radical (unpaired) electrons. The largest absolute Gasteiger partial charge is 0.497 e. The topological polar surface area (TPSA) is 59.4 Å². The van der Waals surface area contributed by atoms with Gasteiger partial charge in [0.2, 0.25) is 0 Å². The van der Waals surface area contributed by atoms with Crippen molar-refractivity contribution in [3.8, 4) is 5.75 Å². The van der Waals surface area contributed by atoms with Crippen LogP contribution in [0.4, 0.5) is 0 Å². The van der Waals surface area contributed by atoms with E-state index in [4.69, 9.17) is 9.84 Å². The molecule has 0 spiro atoms. The summed E-state index contributed by atoms with van der Waals surface area (Å²) in [6, 6.07) is 9.24. The number of carboxylic acid groups (broad SMARTS) is 1. The van der Waals surface area contributed by atoms with Crippen LogP contribution in [-0.2, 0) is 4.79 Å². The molecule has 0 unspecified atom stereocenters. The van der Waals surface area contributed by atoms with Crippen LogP contribution >= 0.6 is 0 Å². The standard InChI is InChI=1S/C13H11NO3/c1-17-11-6-3-9-2-4-10(5-7-13(15)16)14-12(9)8-11/h2-8H,1H3,(H,15,16)/b7-5+. The molecule has 4 heteroatoms. The maximum atomic E-state index is 10.4. The number of nitrogens with zero attached hydrogens (tertiary/aromatic N) is 1. The van der Waals surface area contributed by atoms with Crippen molar-refractivity contribution in [2.75, 3.05) is 7.11 Å². The lowest BCUT2D eigenvalue weighted by molar-refractivity contribution is -0.131. The van der Waals surface area contributed by atoms with Crippen molar-refractivity contribution in [3.05, 3.63) is 42.1 Å². The first kappa shape index (κ1) is 11.1. The van der Waals surface area contributed by atoms with Crippen LogP contribution in [0.15, 0.2) is 36.4 Å². The Morgan fingerprint density at radius 1 is 1.35 bits per heavy atom. The van der Waals surface area contributed by atoms with E-state index in [2.05, 4.69) is 4.98 Å². The normalized spacial score (nSPS) is 10.9. The summed E-state index contributed by atoms with van der Waals surface area (Å²) in [6.07, 6.45) is 2.52. The molecule has 0 fully saturated rings. The molecular weight excluding hydrogens is 218 g/mol. The monoisotopic (exact) mass is 229 g/mol. The lowest BCUT2D eigenvalue weighted by Gasteiger charge is -2.02. The number of hydrogen-bond donors (Lipinski definition) is 1. The second-order valence-corrected chi connectivity index (χ2v) is 3.47. The summed E-state index contributed by atoms with van der Waals surface area (Å²) >= 11 is 0. The predicted octanol–water partition coefficient (Wildman–Crippen LogP) is 2.34. The van der Waals surface area contributed by atoms with Crippen molar-refractivity contribution in [1.82, 2.24) is 4.98 Å². The Hall–Kier alpha value is -2.36. The number of carboxylic acids is 1. The Labute approximate surface area is 98.2 Å². The molecule has 0 saturated carbocycles. The molecule has 0 atom stereocenters. The fourth-order valence-corrected chi connectivity index (χ4v) is 1.49. The van der Waals surface area contributed by atoms with Crippen LogP contribution in [0, 0.1) is 0 Å². The third kappa shape index (κ3) is 2.60. The van der Waals surface area contributed by atoms with Gasteiger partial charge in [-0.3, -0.25) is 0 Å². The number of pyridine rings is 1. The highest BCUT2D eigenvalue weighted by Crippen LogP contribution is 2.19. The molecular formula is C13H11NO3. The third-order valence-electron chi connectivity index (χ3n) is 2.32. The van der Waals surface area contributed by atoms with Crippen LogP contribution < -0.4 is 4.74 Å². The molecule has 1 aromatic heterocycles. The van der Waals surface area contributed by atoms with E-state index < -0.39 is 5.97 Å². The minimum Gasteiger partial charge on any atom is -0.497 e. The number of aliphatic carboxylic acids is 1. The van der Waals surface area contributed by atoms with Crippen LogP contribution in [0.2, 0.25) is 0 Å². The van der Waals surface area contributed by atoms with Crippen LogP contribution in [0.1, 0.15) is 5.69 Å². The van der Waals surface area contributed by atoms with E-state index in [0.717, 1.165) is 22.7 Å². The Morgan fingerprint density at radius 3 is 2.82 bits per heavy atom. The van der Waals surface area contributed by atoms with E-state index in [0.29, 0.717) is 5.69 Å². The van der Waals surface area contributed by atoms with E-state index >= 15 is 0 Å². The van der Waals surface area contributed by atoms with E-state index in [9.17, 15) is 4.79 Å². The summed E-state index contributed by atoms with van der Waals surface area (Å²) in [5, 5.41) is 9.52. The van der Waals surface area contributed by atoms with Crippen molar-refractivity contribution in [3.63, 3.8) is 0 Å². The summed E-state index contributed by atoms with van der Waals surface area (Å²) in [6.45, 7) is 0. The first-order valence-electron chi connectivity index (χ1n) is 5.05. The molecule has 0 aliphatic rings. The second-order valence-electron chi connectivity index (χ2n) is 3.47. The molecule has 0 amide bonds. The van der Waals surface area contributed by atoms with E-state index in [1.807, 2.05) is 24.3 Å². The molecule has 0 bridgehead atoms. The molecule has 0 aliphatic carbocycles. The fraction of sp³-hybridized carbons (Fsp3) is 0.0769. The van der Waals surface area contributed by atoms with Gasteiger partial charge in [0.1, 0.15) is 5.75 Å². The van der Waals surface area contributed by atoms with E-state index in [1.54, 1.807) is 13.2 Å². The zero-order chi connectivity index (χ0) is 12.3. The van der Waals surface area contributed by atoms with Gasteiger partial charge in [-0.05, 0) is 24.3 Å². The molecule has 17 heavy (non-hydrogen) atoms. The van der Waals surface area contributed by atoms with Crippen LogP contribution in [-0.4, -0.2) is 23.2 Å². The van der Waals surface area contributed by atoms with Crippen molar-refractivity contribution in [2.24, 2.45) is 0 Å². The number of benzene rings is 1. The van der Waals surface area contributed by atoms with E-state index in [1.165, 1.54) is 6.08 Å². The summed E-state index contributed by atoms with van der Waals surface area (Å²) in [7, 11) is 1.59. The maximum absolute atomic E-state index is 10.4. The smallest absolute Gasteiger partial charge is 0.328 e. The van der Waals surface area contributed by atoms with Gasteiger partial charge < -0.3 is 9.84 Å². The summed E-state index contributed by atoms with van der Waals surface area (Å²) in [5.41, 5.74) is 1.38. The highest BCUT2D eigenvalue weighted by molar-refractivity contribution is 5.86. The average molecular weight is 229 g/mol. The van der Waals surface area contributed by atoms with Gasteiger partial charge >= 0.3 is 5.97 Å².